The van der Waals surface area contributed by atoms with Gasteiger partial charge in [0, 0.05) is 10.6 Å². The van der Waals surface area contributed by atoms with Gasteiger partial charge in [0.05, 0.1) is 10.6 Å². The molecular weight excluding hydrogens is 274 g/mol. The molecule has 0 atom stereocenters. The predicted octanol–water partition coefficient (Wildman–Crippen LogP) is 2.28. The van der Waals surface area contributed by atoms with Gasteiger partial charge in [-0.15, -0.1) is 16.4 Å². The zero-order valence-electron chi connectivity index (χ0n) is 10.6. The fraction of sp³-hybridized carbons (Fsp3) is 0.0769. The summed E-state index contributed by atoms with van der Waals surface area (Å²) in [6.07, 6.45) is 1.52. The van der Waals surface area contributed by atoms with Crippen molar-refractivity contribution in [2.75, 3.05) is 5.32 Å². The van der Waals surface area contributed by atoms with Gasteiger partial charge in [0.25, 0.3) is 5.91 Å². The number of carbonyl (C=O) groups excluding carboxylic acids is 1. The molecule has 0 aliphatic heterocycles. The average Bonchev–Trinajstić information content (AvgIpc) is 3.10. The van der Waals surface area contributed by atoms with Crippen LogP contribution < -0.4 is 5.32 Å². The Bertz CT molecular complexity index is 718. The van der Waals surface area contributed by atoms with Crippen LogP contribution in [0.15, 0.2) is 42.7 Å². The monoisotopic (exact) mass is 285 g/mol. The highest BCUT2D eigenvalue weighted by molar-refractivity contribution is 7.14. The predicted molar refractivity (Wildman–Crippen MR) is 76.2 cm³/mol. The summed E-state index contributed by atoms with van der Waals surface area (Å²) < 4.78 is 1.55. The van der Waals surface area contributed by atoms with E-state index in [0.717, 1.165) is 16.3 Å². The third kappa shape index (κ3) is 2.57. The van der Waals surface area contributed by atoms with Crippen molar-refractivity contribution in [2.45, 2.75) is 6.92 Å². The minimum atomic E-state index is -0.0988. The molecule has 0 bridgehead atoms. The van der Waals surface area contributed by atoms with E-state index in [-0.39, 0.29) is 5.91 Å². The summed E-state index contributed by atoms with van der Waals surface area (Å²) >= 11 is 1.47. The van der Waals surface area contributed by atoms with Gasteiger partial charge in [0.15, 0.2) is 0 Å². The number of tetrazole rings is 1. The number of carbonyl (C=O) groups is 1. The summed E-state index contributed by atoms with van der Waals surface area (Å²) in [4.78, 5) is 13.8. The van der Waals surface area contributed by atoms with Gasteiger partial charge in [-0.25, -0.2) is 4.68 Å². The highest BCUT2D eigenvalue weighted by Crippen LogP contribution is 2.18. The highest BCUT2D eigenvalue weighted by Gasteiger charge is 2.08. The highest BCUT2D eigenvalue weighted by atomic mass is 32.1. The van der Waals surface area contributed by atoms with Crippen LogP contribution in [0.1, 0.15) is 14.5 Å². The first-order valence-corrected chi connectivity index (χ1v) is 6.75. The number of nitrogens with one attached hydrogen (secondary N) is 1. The zero-order valence-corrected chi connectivity index (χ0v) is 11.5. The zero-order chi connectivity index (χ0) is 13.9. The van der Waals surface area contributed by atoms with Crippen molar-refractivity contribution in [2.24, 2.45) is 0 Å². The van der Waals surface area contributed by atoms with Crippen molar-refractivity contribution in [1.29, 1.82) is 0 Å². The fourth-order valence-corrected chi connectivity index (χ4v) is 2.49. The number of thiophene rings is 1. The molecule has 20 heavy (non-hydrogen) atoms. The lowest BCUT2D eigenvalue weighted by molar-refractivity contribution is 0.103. The maximum absolute atomic E-state index is 12.0. The molecule has 0 saturated heterocycles. The molecule has 6 nitrogen and oxygen atoms in total. The first kappa shape index (κ1) is 12.5. The summed E-state index contributed by atoms with van der Waals surface area (Å²) in [7, 11) is 0. The summed E-state index contributed by atoms with van der Waals surface area (Å²) in [5, 5.41) is 13.8. The van der Waals surface area contributed by atoms with Gasteiger partial charge in [0.1, 0.15) is 6.33 Å². The van der Waals surface area contributed by atoms with Gasteiger partial charge in [-0.1, -0.05) is 0 Å². The van der Waals surface area contributed by atoms with Gasteiger partial charge in [-0.3, -0.25) is 4.79 Å². The smallest absolute Gasteiger partial charge is 0.265 e. The first-order chi connectivity index (χ1) is 9.72. The second-order valence-corrected chi connectivity index (χ2v) is 5.45. The van der Waals surface area contributed by atoms with Crippen LogP contribution in [-0.2, 0) is 0 Å². The van der Waals surface area contributed by atoms with E-state index in [1.54, 1.807) is 4.68 Å². The van der Waals surface area contributed by atoms with E-state index in [9.17, 15) is 4.79 Å². The van der Waals surface area contributed by atoms with E-state index in [2.05, 4.69) is 20.8 Å². The molecule has 3 rings (SSSR count). The summed E-state index contributed by atoms with van der Waals surface area (Å²) in [6.45, 7) is 1.97. The molecular formula is C13H11N5OS. The molecule has 1 aromatic carbocycles. The van der Waals surface area contributed by atoms with Crippen LogP contribution in [0.5, 0.6) is 0 Å². The first-order valence-electron chi connectivity index (χ1n) is 5.93. The van der Waals surface area contributed by atoms with E-state index < -0.39 is 0 Å². The second kappa shape index (κ2) is 5.22. The number of amides is 1. The van der Waals surface area contributed by atoms with E-state index in [1.165, 1.54) is 17.7 Å². The van der Waals surface area contributed by atoms with Crippen molar-refractivity contribution in [3.63, 3.8) is 0 Å². The van der Waals surface area contributed by atoms with Crippen molar-refractivity contribution in [1.82, 2.24) is 20.2 Å². The maximum Gasteiger partial charge on any atom is 0.265 e. The number of hydrogen-bond donors (Lipinski definition) is 1. The molecule has 3 aromatic rings. The van der Waals surface area contributed by atoms with E-state index in [1.807, 2.05) is 43.3 Å². The Labute approximate surface area is 119 Å². The third-order valence-corrected chi connectivity index (χ3v) is 3.70. The van der Waals surface area contributed by atoms with Crippen LogP contribution in [0.4, 0.5) is 5.69 Å². The van der Waals surface area contributed by atoms with Crippen LogP contribution >= 0.6 is 11.3 Å². The molecule has 100 valence electrons. The van der Waals surface area contributed by atoms with E-state index in [0.29, 0.717) is 4.88 Å². The van der Waals surface area contributed by atoms with Crippen LogP contribution in [0.2, 0.25) is 0 Å². The number of nitrogens with zero attached hydrogens (tertiary/aromatic N) is 4. The number of aryl methyl sites for hydroxylation is 1. The minimum absolute atomic E-state index is 0.0988. The number of benzene rings is 1. The summed E-state index contributed by atoms with van der Waals surface area (Å²) in [6, 6.07) is 11.1. The normalized spacial score (nSPS) is 10.4. The van der Waals surface area contributed by atoms with Crippen LogP contribution in [0.25, 0.3) is 5.69 Å². The van der Waals surface area contributed by atoms with Crippen LogP contribution in [-0.4, -0.2) is 26.1 Å². The standard InChI is InChI=1S/C13H11N5OS/c1-9-2-7-12(20-9)13(19)15-10-3-5-11(6-4-10)18-8-14-16-17-18/h2-8H,1H3,(H,15,19). The molecule has 0 aliphatic rings. The van der Waals surface area contributed by atoms with Crippen molar-refractivity contribution in [3.05, 3.63) is 52.5 Å². The lowest BCUT2D eigenvalue weighted by Gasteiger charge is -2.05. The molecule has 0 unspecified atom stereocenters. The van der Waals surface area contributed by atoms with Crippen LogP contribution in [0, 0.1) is 6.92 Å². The second-order valence-electron chi connectivity index (χ2n) is 4.17. The Hall–Kier alpha value is -2.54. The molecule has 0 saturated carbocycles. The quantitative estimate of drug-likeness (QED) is 0.801. The van der Waals surface area contributed by atoms with Crippen molar-refractivity contribution >= 4 is 22.9 Å². The Kier molecular flexibility index (Phi) is 3.26. The van der Waals surface area contributed by atoms with Gasteiger partial charge in [0.2, 0.25) is 0 Å². The Morgan fingerprint density at radius 2 is 2.00 bits per heavy atom. The van der Waals surface area contributed by atoms with E-state index >= 15 is 0 Å². The molecule has 0 aliphatic carbocycles. The molecule has 7 heteroatoms. The van der Waals surface area contributed by atoms with Crippen molar-refractivity contribution < 1.29 is 4.79 Å². The topological polar surface area (TPSA) is 72.7 Å². The Morgan fingerprint density at radius 1 is 1.20 bits per heavy atom. The molecule has 0 spiro atoms. The van der Waals surface area contributed by atoms with Crippen LogP contribution in [0.3, 0.4) is 0 Å². The molecule has 0 radical (unpaired) electrons. The van der Waals surface area contributed by atoms with Gasteiger partial charge < -0.3 is 5.32 Å². The van der Waals surface area contributed by atoms with Crippen molar-refractivity contribution in [3.8, 4) is 5.69 Å². The molecule has 1 N–H and O–H groups in total. The molecule has 0 fully saturated rings. The Balaban J connectivity index is 1.74. The van der Waals surface area contributed by atoms with E-state index in [4.69, 9.17) is 0 Å². The number of anilines is 1. The number of hydrogen-bond acceptors (Lipinski definition) is 5. The SMILES string of the molecule is Cc1ccc(C(=O)Nc2ccc(-n3cnnn3)cc2)s1. The number of aromatic nitrogens is 4. The third-order valence-electron chi connectivity index (χ3n) is 2.70. The largest absolute Gasteiger partial charge is 0.321 e. The number of rotatable bonds is 3. The summed E-state index contributed by atoms with van der Waals surface area (Å²) in [5.41, 5.74) is 1.57. The molecule has 2 heterocycles. The lowest BCUT2D eigenvalue weighted by atomic mass is 10.2. The van der Waals surface area contributed by atoms with Gasteiger partial charge in [-0.2, -0.15) is 0 Å². The molecule has 2 aromatic heterocycles. The minimum Gasteiger partial charge on any atom is -0.321 e. The van der Waals surface area contributed by atoms with Gasteiger partial charge >= 0.3 is 0 Å². The average molecular weight is 285 g/mol. The maximum atomic E-state index is 12.0. The summed E-state index contributed by atoms with van der Waals surface area (Å²) in [5.74, 6) is -0.0988. The lowest BCUT2D eigenvalue weighted by Crippen LogP contribution is -2.10. The Morgan fingerprint density at radius 3 is 2.60 bits per heavy atom. The fourth-order valence-electron chi connectivity index (χ4n) is 1.73. The van der Waals surface area contributed by atoms with Gasteiger partial charge in [-0.05, 0) is 53.7 Å². The molecule has 1 amide bonds.